The van der Waals surface area contributed by atoms with Gasteiger partial charge in [0, 0.05) is 5.18 Å². The Kier molecular flexibility index (Phi) is 3.50. The standard InChI is InChI=1S/C13H15N3O2/c1-3-9-5-6-11-13(10(9)4-2)16(8-14-11)7-12(17)15-18/h5-6,8H,3-4,7H2,1-2H3. The van der Waals surface area contributed by atoms with Gasteiger partial charge >= 0.3 is 5.91 Å². The van der Waals surface area contributed by atoms with Crippen molar-refractivity contribution in [3.05, 3.63) is 34.5 Å². The van der Waals surface area contributed by atoms with Crippen molar-refractivity contribution in [3.8, 4) is 0 Å². The van der Waals surface area contributed by atoms with Crippen LogP contribution in [0.3, 0.4) is 0 Å². The molecule has 2 rings (SSSR count). The van der Waals surface area contributed by atoms with Crippen LogP contribution in [0.15, 0.2) is 23.6 Å². The number of aryl methyl sites for hydroxylation is 2. The van der Waals surface area contributed by atoms with Crippen LogP contribution in [-0.2, 0) is 24.2 Å². The maximum absolute atomic E-state index is 11.1. The second kappa shape index (κ2) is 5.08. The van der Waals surface area contributed by atoms with Crippen molar-refractivity contribution in [1.29, 1.82) is 0 Å². The summed E-state index contributed by atoms with van der Waals surface area (Å²) in [7, 11) is 0. The van der Waals surface area contributed by atoms with Gasteiger partial charge in [-0.25, -0.2) is 4.98 Å². The number of aromatic nitrogens is 2. The van der Waals surface area contributed by atoms with Crippen LogP contribution in [0, 0.1) is 4.91 Å². The van der Waals surface area contributed by atoms with Crippen LogP contribution in [0.1, 0.15) is 25.0 Å². The summed E-state index contributed by atoms with van der Waals surface area (Å²) in [6.07, 6.45) is 3.39. The van der Waals surface area contributed by atoms with E-state index in [1.165, 1.54) is 11.1 Å². The summed E-state index contributed by atoms with van der Waals surface area (Å²) in [5.41, 5.74) is 4.22. The molecule has 0 N–H and O–H groups in total. The third-order valence-electron chi connectivity index (χ3n) is 3.12. The van der Waals surface area contributed by atoms with E-state index < -0.39 is 5.91 Å². The monoisotopic (exact) mass is 245 g/mol. The summed E-state index contributed by atoms with van der Waals surface area (Å²) >= 11 is 0. The molecule has 5 heteroatoms. The number of carbonyl (C=O) groups excluding carboxylic acids is 1. The van der Waals surface area contributed by atoms with Crippen molar-refractivity contribution in [1.82, 2.24) is 9.55 Å². The van der Waals surface area contributed by atoms with E-state index in [-0.39, 0.29) is 6.54 Å². The molecule has 0 radical (unpaired) electrons. The lowest BCUT2D eigenvalue weighted by atomic mass is 10.0. The van der Waals surface area contributed by atoms with Crippen LogP contribution in [0.25, 0.3) is 11.0 Å². The molecule has 0 aliphatic heterocycles. The van der Waals surface area contributed by atoms with Gasteiger partial charge in [0.15, 0.2) is 0 Å². The average molecular weight is 245 g/mol. The molecule has 0 aliphatic rings. The van der Waals surface area contributed by atoms with Crippen molar-refractivity contribution >= 4 is 16.9 Å². The Morgan fingerprint density at radius 1 is 1.33 bits per heavy atom. The molecule has 0 bridgehead atoms. The van der Waals surface area contributed by atoms with E-state index in [9.17, 15) is 9.70 Å². The second-order valence-corrected chi connectivity index (χ2v) is 4.14. The maximum Gasteiger partial charge on any atom is 0.305 e. The predicted octanol–water partition coefficient (Wildman–Crippen LogP) is 2.45. The third-order valence-corrected chi connectivity index (χ3v) is 3.12. The molecular formula is C13H15N3O2. The highest BCUT2D eigenvalue weighted by atomic mass is 16.3. The molecule has 18 heavy (non-hydrogen) atoms. The van der Waals surface area contributed by atoms with E-state index >= 15 is 0 Å². The lowest BCUT2D eigenvalue weighted by molar-refractivity contribution is -0.118. The van der Waals surface area contributed by atoms with Gasteiger partial charge in [0.1, 0.15) is 6.54 Å². The fourth-order valence-electron chi connectivity index (χ4n) is 2.30. The molecule has 1 heterocycles. The third kappa shape index (κ3) is 2.03. The molecule has 0 saturated carbocycles. The maximum atomic E-state index is 11.1. The summed E-state index contributed by atoms with van der Waals surface area (Å²) in [4.78, 5) is 25.6. The van der Waals surface area contributed by atoms with Gasteiger partial charge < -0.3 is 4.57 Å². The Morgan fingerprint density at radius 2 is 2.11 bits per heavy atom. The molecule has 1 amide bonds. The Balaban J connectivity index is 2.61. The molecule has 1 aromatic heterocycles. The normalized spacial score (nSPS) is 10.8. The van der Waals surface area contributed by atoms with Gasteiger partial charge in [-0.15, -0.1) is 4.91 Å². The highest BCUT2D eigenvalue weighted by Crippen LogP contribution is 2.23. The van der Waals surface area contributed by atoms with Crippen LogP contribution < -0.4 is 0 Å². The number of benzene rings is 1. The van der Waals surface area contributed by atoms with Crippen molar-refractivity contribution < 1.29 is 4.79 Å². The molecule has 2 aromatic rings. The first kappa shape index (κ1) is 12.4. The van der Waals surface area contributed by atoms with E-state index in [1.807, 2.05) is 6.07 Å². The average Bonchev–Trinajstić information content (AvgIpc) is 2.80. The minimum absolute atomic E-state index is 0.0415. The lowest BCUT2D eigenvalue weighted by Crippen LogP contribution is -2.07. The molecule has 0 saturated heterocycles. The van der Waals surface area contributed by atoms with Crippen LogP contribution in [0.2, 0.25) is 0 Å². The number of nitroso groups, excluding NO2 is 1. The summed E-state index contributed by atoms with van der Waals surface area (Å²) < 4.78 is 1.71. The van der Waals surface area contributed by atoms with Gasteiger partial charge in [-0.05, 0) is 30.0 Å². The fourth-order valence-corrected chi connectivity index (χ4v) is 2.30. The number of hydrogen-bond donors (Lipinski definition) is 0. The van der Waals surface area contributed by atoms with Crippen LogP contribution in [0.4, 0.5) is 0 Å². The molecule has 0 aliphatic carbocycles. The first-order valence-corrected chi connectivity index (χ1v) is 6.03. The molecular weight excluding hydrogens is 230 g/mol. The molecule has 0 spiro atoms. The summed E-state index contributed by atoms with van der Waals surface area (Å²) in [5.74, 6) is -0.682. The fraction of sp³-hybridized carbons (Fsp3) is 0.385. The van der Waals surface area contributed by atoms with Crippen molar-refractivity contribution in [2.24, 2.45) is 5.18 Å². The number of nitrogens with zero attached hydrogens (tertiary/aromatic N) is 3. The summed E-state index contributed by atoms with van der Waals surface area (Å²) in [6.45, 7) is 4.13. The molecule has 1 aromatic carbocycles. The Morgan fingerprint density at radius 3 is 2.72 bits per heavy atom. The topological polar surface area (TPSA) is 64.3 Å². The van der Waals surface area contributed by atoms with Crippen LogP contribution in [0.5, 0.6) is 0 Å². The molecule has 0 atom stereocenters. The quantitative estimate of drug-likeness (QED) is 0.777. The largest absolute Gasteiger partial charge is 0.321 e. The zero-order chi connectivity index (χ0) is 13.1. The minimum Gasteiger partial charge on any atom is -0.321 e. The van der Waals surface area contributed by atoms with Crippen molar-refractivity contribution in [2.75, 3.05) is 0 Å². The number of carbonyl (C=O) groups is 1. The lowest BCUT2D eigenvalue weighted by Gasteiger charge is -2.09. The van der Waals surface area contributed by atoms with E-state index in [2.05, 4.69) is 30.1 Å². The Hall–Kier alpha value is -2.04. The van der Waals surface area contributed by atoms with Gasteiger partial charge in [-0.2, -0.15) is 0 Å². The Labute approximate surface area is 105 Å². The molecule has 0 fully saturated rings. The SMILES string of the molecule is CCc1ccc2ncn(CC(=O)N=O)c2c1CC. The first-order chi connectivity index (χ1) is 8.71. The summed E-state index contributed by atoms with van der Waals surface area (Å²) in [5, 5.41) is 2.43. The number of fused-ring (bicyclic) bond motifs is 1. The van der Waals surface area contributed by atoms with Crippen LogP contribution in [-0.4, -0.2) is 15.5 Å². The second-order valence-electron chi connectivity index (χ2n) is 4.14. The van der Waals surface area contributed by atoms with E-state index in [1.54, 1.807) is 10.9 Å². The summed E-state index contributed by atoms with van der Waals surface area (Å²) in [6, 6.07) is 4.01. The van der Waals surface area contributed by atoms with E-state index in [4.69, 9.17) is 0 Å². The van der Waals surface area contributed by atoms with Gasteiger partial charge in [0.05, 0.1) is 17.4 Å². The molecule has 94 valence electrons. The highest BCUT2D eigenvalue weighted by molar-refractivity contribution is 5.83. The van der Waals surface area contributed by atoms with E-state index in [0.29, 0.717) is 0 Å². The van der Waals surface area contributed by atoms with Crippen molar-refractivity contribution in [2.45, 2.75) is 33.2 Å². The number of hydrogen-bond acceptors (Lipinski definition) is 3. The van der Waals surface area contributed by atoms with Crippen molar-refractivity contribution in [3.63, 3.8) is 0 Å². The molecule has 5 nitrogen and oxygen atoms in total. The number of amides is 1. The number of rotatable bonds is 4. The van der Waals surface area contributed by atoms with Gasteiger partial charge in [-0.3, -0.25) is 4.79 Å². The van der Waals surface area contributed by atoms with Gasteiger partial charge in [0.25, 0.3) is 0 Å². The van der Waals surface area contributed by atoms with E-state index in [0.717, 1.165) is 23.9 Å². The zero-order valence-electron chi connectivity index (χ0n) is 10.5. The smallest absolute Gasteiger partial charge is 0.305 e. The first-order valence-electron chi connectivity index (χ1n) is 6.03. The zero-order valence-corrected chi connectivity index (χ0v) is 10.5. The highest BCUT2D eigenvalue weighted by Gasteiger charge is 2.12. The van der Waals surface area contributed by atoms with Gasteiger partial charge in [0.2, 0.25) is 0 Å². The Bertz CT molecular complexity index is 602. The predicted molar refractivity (Wildman–Crippen MR) is 69.3 cm³/mol. The van der Waals surface area contributed by atoms with Crippen LogP contribution >= 0.6 is 0 Å². The molecule has 0 unspecified atom stereocenters. The minimum atomic E-state index is -0.682. The number of imidazole rings is 1. The van der Waals surface area contributed by atoms with Gasteiger partial charge in [-0.1, -0.05) is 19.9 Å².